The zero-order chi connectivity index (χ0) is 10.7. The van der Waals surface area contributed by atoms with Gasteiger partial charge < -0.3 is 0 Å². The Morgan fingerprint density at radius 1 is 1.53 bits per heavy atom. The fourth-order valence-corrected chi connectivity index (χ4v) is 1.94. The zero-order valence-electron chi connectivity index (χ0n) is 7.55. The third-order valence-corrected chi connectivity index (χ3v) is 2.82. The van der Waals surface area contributed by atoms with Crippen LogP contribution in [0.25, 0.3) is 10.7 Å². The van der Waals surface area contributed by atoms with Crippen LogP contribution < -0.4 is 0 Å². The second-order valence-electron chi connectivity index (χ2n) is 2.69. The Labute approximate surface area is 95.0 Å². The summed E-state index contributed by atoms with van der Waals surface area (Å²) >= 11 is 6.80. The van der Waals surface area contributed by atoms with Crippen molar-refractivity contribution in [3.8, 4) is 10.7 Å². The van der Waals surface area contributed by atoms with Crippen LogP contribution >= 0.6 is 22.9 Å². The molecule has 0 aliphatic rings. The van der Waals surface area contributed by atoms with E-state index in [2.05, 4.69) is 15.0 Å². The molecule has 2 aromatic heterocycles. The van der Waals surface area contributed by atoms with Crippen molar-refractivity contribution in [1.82, 2.24) is 15.0 Å². The van der Waals surface area contributed by atoms with E-state index >= 15 is 0 Å². The summed E-state index contributed by atoms with van der Waals surface area (Å²) in [6.45, 7) is 0. The van der Waals surface area contributed by atoms with Crippen molar-refractivity contribution in [1.29, 1.82) is 0 Å². The predicted octanol–water partition coefficient (Wildman–Crippen LogP) is 2.02. The minimum absolute atomic E-state index is 0.0487. The van der Waals surface area contributed by atoms with Crippen LogP contribution in [0.3, 0.4) is 0 Å². The molecule has 0 fully saturated rings. The first kappa shape index (κ1) is 10.2. The quantitative estimate of drug-likeness (QED) is 0.607. The molecule has 2 aromatic rings. The molecule has 0 unspecified atom stereocenters. The number of halogens is 1. The highest BCUT2D eigenvalue weighted by atomic mass is 35.5. The summed E-state index contributed by atoms with van der Waals surface area (Å²) in [6.07, 6.45) is 3.08. The fraction of sp³-hybridized carbons (Fsp3) is 0.111. The molecular formula is C9H6ClN3OS. The molecule has 0 amide bonds. The molecule has 4 nitrogen and oxygen atoms in total. The molecule has 0 atom stereocenters. The molecule has 0 spiro atoms. The number of carbonyl (C=O) groups excluding carboxylic acids is 1. The molecule has 0 N–H and O–H groups in total. The van der Waals surface area contributed by atoms with Gasteiger partial charge in [0.25, 0.3) is 0 Å². The second kappa shape index (κ2) is 4.46. The van der Waals surface area contributed by atoms with Crippen LogP contribution in [0.15, 0.2) is 24.0 Å². The fourth-order valence-electron chi connectivity index (χ4n) is 1.01. The number of ketones is 1. The summed E-state index contributed by atoms with van der Waals surface area (Å²) in [5.74, 6) is -0.222. The van der Waals surface area contributed by atoms with Gasteiger partial charge in [0, 0.05) is 11.6 Å². The molecule has 0 saturated heterocycles. The second-order valence-corrected chi connectivity index (χ2v) is 3.81. The van der Waals surface area contributed by atoms with Crippen LogP contribution in [-0.4, -0.2) is 26.6 Å². The number of aromatic nitrogens is 3. The Morgan fingerprint density at radius 2 is 2.40 bits per heavy atom. The first-order valence-corrected chi connectivity index (χ1v) is 5.54. The topological polar surface area (TPSA) is 55.7 Å². The molecule has 0 bridgehead atoms. The number of alkyl halides is 1. The minimum atomic E-state index is -0.173. The number of hydrogen-bond acceptors (Lipinski definition) is 5. The molecule has 2 rings (SSSR count). The SMILES string of the molecule is O=C(CCl)c1csc(-c2ccncn2)n1. The van der Waals surface area contributed by atoms with Crippen LogP contribution in [0, 0.1) is 0 Å². The van der Waals surface area contributed by atoms with Gasteiger partial charge in [0.2, 0.25) is 0 Å². The molecular weight excluding hydrogens is 234 g/mol. The van der Waals surface area contributed by atoms with E-state index in [1.165, 1.54) is 17.7 Å². The van der Waals surface area contributed by atoms with Gasteiger partial charge in [-0.25, -0.2) is 15.0 Å². The van der Waals surface area contributed by atoms with E-state index in [9.17, 15) is 4.79 Å². The number of nitrogens with zero attached hydrogens (tertiary/aromatic N) is 3. The van der Waals surface area contributed by atoms with Gasteiger partial charge in [-0.2, -0.15) is 0 Å². The third kappa shape index (κ3) is 2.19. The summed E-state index contributed by atoms with van der Waals surface area (Å²) in [6, 6.07) is 1.74. The van der Waals surface area contributed by atoms with E-state index in [1.807, 2.05) is 0 Å². The Morgan fingerprint density at radius 3 is 3.07 bits per heavy atom. The highest BCUT2D eigenvalue weighted by molar-refractivity contribution is 7.13. The van der Waals surface area contributed by atoms with Crippen molar-refractivity contribution in [3.05, 3.63) is 29.7 Å². The Bertz CT molecular complexity index is 471. The van der Waals surface area contributed by atoms with E-state index in [0.717, 1.165) is 0 Å². The van der Waals surface area contributed by atoms with Crippen molar-refractivity contribution in [2.45, 2.75) is 0 Å². The number of rotatable bonds is 3. The van der Waals surface area contributed by atoms with E-state index in [0.29, 0.717) is 16.4 Å². The van der Waals surface area contributed by atoms with Crippen molar-refractivity contribution in [2.24, 2.45) is 0 Å². The van der Waals surface area contributed by atoms with E-state index in [-0.39, 0.29) is 11.7 Å². The Kier molecular flexibility index (Phi) is 3.03. The largest absolute Gasteiger partial charge is 0.291 e. The summed E-state index contributed by atoms with van der Waals surface area (Å²) in [5.41, 5.74) is 1.10. The lowest BCUT2D eigenvalue weighted by Crippen LogP contribution is -2.00. The molecule has 76 valence electrons. The number of hydrogen-bond donors (Lipinski definition) is 0. The molecule has 0 saturated carbocycles. The van der Waals surface area contributed by atoms with Crippen molar-refractivity contribution >= 4 is 28.7 Å². The van der Waals surface area contributed by atoms with Crippen LogP contribution in [0.1, 0.15) is 10.5 Å². The first-order chi connectivity index (χ1) is 7.31. The number of Topliss-reactive ketones (excluding diaryl/α,β-unsaturated/α-hetero) is 1. The van der Waals surface area contributed by atoms with Gasteiger partial charge in [-0.05, 0) is 6.07 Å². The minimum Gasteiger partial charge on any atom is -0.291 e. The molecule has 0 aromatic carbocycles. The molecule has 15 heavy (non-hydrogen) atoms. The Hall–Kier alpha value is -1.33. The monoisotopic (exact) mass is 239 g/mol. The third-order valence-electron chi connectivity index (χ3n) is 1.71. The maximum absolute atomic E-state index is 11.2. The summed E-state index contributed by atoms with van der Waals surface area (Å²) in [4.78, 5) is 23.2. The maximum Gasteiger partial charge on any atom is 0.196 e. The maximum atomic E-state index is 11.2. The number of carbonyl (C=O) groups is 1. The van der Waals surface area contributed by atoms with Gasteiger partial charge in [0.1, 0.15) is 22.7 Å². The Balaban J connectivity index is 2.32. The molecule has 0 radical (unpaired) electrons. The predicted molar refractivity (Wildman–Crippen MR) is 58.2 cm³/mol. The first-order valence-electron chi connectivity index (χ1n) is 4.12. The molecule has 6 heteroatoms. The average molecular weight is 240 g/mol. The zero-order valence-corrected chi connectivity index (χ0v) is 9.13. The van der Waals surface area contributed by atoms with Gasteiger partial charge in [-0.15, -0.1) is 22.9 Å². The van der Waals surface area contributed by atoms with Gasteiger partial charge in [-0.1, -0.05) is 0 Å². The lowest BCUT2D eigenvalue weighted by Gasteiger charge is -1.92. The number of thiazole rings is 1. The van der Waals surface area contributed by atoms with Crippen molar-refractivity contribution in [3.63, 3.8) is 0 Å². The lowest BCUT2D eigenvalue weighted by molar-refractivity contribution is 0.101. The van der Waals surface area contributed by atoms with Gasteiger partial charge in [0.05, 0.1) is 5.88 Å². The summed E-state index contributed by atoms with van der Waals surface area (Å²) < 4.78 is 0. The smallest absolute Gasteiger partial charge is 0.196 e. The highest BCUT2D eigenvalue weighted by Crippen LogP contribution is 2.21. The van der Waals surface area contributed by atoms with E-state index in [4.69, 9.17) is 11.6 Å². The average Bonchev–Trinajstić information content (AvgIpc) is 2.78. The van der Waals surface area contributed by atoms with Gasteiger partial charge in [-0.3, -0.25) is 4.79 Å². The molecule has 0 aliphatic carbocycles. The van der Waals surface area contributed by atoms with Crippen molar-refractivity contribution < 1.29 is 4.79 Å². The van der Waals surface area contributed by atoms with Crippen LogP contribution in [0.2, 0.25) is 0 Å². The molecule has 0 aliphatic heterocycles. The van der Waals surface area contributed by atoms with Gasteiger partial charge >= 0.3 is 0 Å². The van der Waals surface area contributed by atoms with Crippen LogP contribution in [0.4, 0.5) is 0 Å². The van der Waals surface area contributed by atoms with Crippen LogP contribution in [0.5, 0.6) is 0 Å². The van der Waals surface area contributed by atoms with E-state index < -0.39 is 0 Å². The van der Waals surface area contributed by atoms with Crippen LogP contribution in [-0.2, 0) is 0 Å². The van der Waals surface area contributed by atoms with Gasteiger partial charge in [0.15, 0.2) is 5.78 Å². The molecule has 2 heterocycles. The lowest BCUT2D eigenvalue weighted by atomic mass is 10.3. The standard InChI is InChI=1S/C9H6ClN3OS/c10-3-8(14)7-4-15-9(13-7)6-1-2-11-5-12-6/h1-2,4-5H,3H2. The summed E-state index contributed by atoms with van der Waals surface area (Å²) in [5, 5.41) is 2.38. The van der Waals surface area contributed by atoms with E-state index in [1.54, 1.807) is 17.6 Å². The highest BCUT2D eigenvalue weighted by Gasteiger charge is 2.10. The normalized spacial score (nSPS) is 10.2. The summed E-state index contributed by atoms with van der Waals surface area (Å²) in [7, 11) is 0. The van der Waals surface area contributed by atoms with Crippen molar-refractivity contribution in [2.75, 3.05) is 5.88 Å².